The van der Waals surface area contributed by atoms with Crippen molar-refractivity contribution in [2.45, 2.75) is 44.1 Å². The fourth-order valence-electron chi connectivity index (χ4n) is 3.24. The lowest BCUT2D eigenvalue weighted by molar-refractivity contribution is 0.174. The molecule has 1 aliphatic rings. The van der Waals surface area contributed by atoms with Crippen molar-refractivity contribution in [2.75, 3.05) is 18.0 Å². The second-order valence-corrected chi connectivity index (χ2v) is 10.0. The third-order valence-corrected chi connectivity index (χ3v) is 6.26. The van der Waals surface area contributed by atoms with Crippen LogP contribution in [0.2, 0.25) is 0 Å². The van der Waals surface area contributed by atoms with Crippen LogP contribution >= 0.6 is 0 Å². The largest absolute Gasteiger partial charge is 0.390 e. The van der Waals surface area contributed by atoms with Gasteiger partial charge in [0.1, 0.15) is 6.07 Å². The van der Waals surface area contributed by atoms with Gasteiger partial charge in [-0.3, -0.25) is 0 Å². The standard InChI is InChI=1S/C20H25N5O3S/c1-20(2,3)15-6-4-14(5-7-15)13-29(27,28)24-17-11-25(12-18(17)26)19-9-8-16(10-21)22-23-19/h4-9,17-18,24,26H,11-13H2,1-3H3/t17-,18-/m0/s1. The van der Waals surface area contributed by atoms with Gasteiger partial charge in [-0.15, -0.1) is 10.2 Å². The minimum absolute atomic E-state index is 0.00139. The summed E-state index contributed by atoms with van der Waals surface area (Å²) in [4.78, 5) is 1.74. The summed E-state index contributed by atoms with van der Waals surface area (Å²) < 4.78 is 27.8. The second-order valence-electron chi connectivity index (χ2n) is 8.29. The smallest absolute Gasteiger partial charge is 0.216 e. The van der Waals surface area contributed by atoms with Crippen LogP contribution in [-0.4, -0.2) is 49.0 Å². The Kier molecular flexibility index (Phi) is 5.89. The van der Waals surface area contributed by atoms with E-state index in [0.717, 1.165) is 5.56 Å². The van der Waals surface area contributed by atoms with Gasteiger partial charge in [0, 0.05) is 13.1 Å². The Balaban J connectivity index is 1.64. The summed E-state index contributed by atoms with van der Waals surface area (Å²) in [7, 11) is -3.63. The molecule has 154 valence electrons. The zero-order valence-electron chi connectivity index (χ0n) is 16.7. The summed E-state index contributed by atoms with van der Waals surface area (Å²) in [6.07, 6.45) is -0.870. The predicted octanol–water partition coefficient (Wildman–Crippen LogP) is 1.31. The van der Waals surface area contributed by atoms with Crippen molar-refractivity contribution in [3.63, 3.8) is 0 Å². The molecule has 1 saturated heterocycles. The van der Waals surface area contributed by atoms with Gasteiger partial charge < -0.3 is 10.0 Å². The third-order valence-electron chi connectivity index (χ3n) is 4.89. The Hall–Kier alpha value is -2.54. The molecular weight excluding hydrogens is 390 g/mol. The first-order chi connectivity index (χ1) is 13.6. The lowest BCUT2D eigenvalue weighted by Gasteiger charge is -2.19. The van der Waals surface area contributed by atoms with Gasteiger partial charge in [-0.25, -0.2) is 13.1 Å². The Morgan fingerprint density at radius 1 is 1.17 bits per heavy atom. The van der Waals surface area contributed by atoms with Crippen molar-refractivity contribution in [3.05, 3.63) is 53.2 Å². The van der Waals surface area contributed by atoms with E-state index >= 15 is 0 Å². The third kappa shape index (κ3) is 5.29. The highest BCUT2D eigenvalue weighted by atomic mass is 32.2. The SMILES string of the molecule is CC(C)(C)c1ccc(CS(=O)(=O)N[C@H]2CN(c3ccc(C#N)nn3)C[C@@H]2O)cc1. The van der Waals surface area contributed by atoms with E-state index in [-0.39, 0.29) is 30.0 Å². The van der Waals surface area contributed by atoms with Gasteiger partial charge in [0.15, 0.2) is 11.5 Å². The summed E-state index contributed by atoms with van der Waals surface area (Å²) in [6, 6.07) is 11.9. The van der Waals surface area contributed by atoms with Crippen LogP contribution in [0, 0.1) is 11.3 Å². The molecule has 2 aromatic rings. The zero-order chi connectivity index (χ0) is 21.2. The van der Waals surface area contributed by atoms with E-state index in [2.05, 4.69) is 35.7 Å². The Morgan fingerprint density at radius 2 is 1.86 bits per heavy atom. The topological polar surface area (TPSA) is 119 Å². The van der Waals surface area contributed by atoms with E-state index in [4.69, 9.17) is 5.26 Å². The van der Waals surface area contributed by atoms with Crippen molar-refractivity contribution in [1.82, 2.24) is 14.9 Å². The minimum Gasteiger partial charge on any atom is -0.390 e. The van der Waals surface area contributed by atoms with E-state index in [9.17, 15) is 13.5 Å². The first kappa shape index (κ1) is 21.2. The highest BCUT2D eigenvalue weighted by Crippen LogP contribution is 2.23. The highest BCUT2D eigenvalue weighted by molar-refractivity contribution is 7.88. The first-order valence-corrected chi connectivity index (χ1v) is 11.0. The van der Waals surface area contributed by atoms with E-state index in [1.165, 1.54) is 6.07 Å². The number of aliphatic hydroxyl groups is 1. The van der Waals surface area contributed by atoms with Gasteiger partial charge in [-0.05, 0) is 28.7 Å². The summed E-state index contributed by atoms with van der Waals surface area (Å²) in [5, 5.41) is 26.8. The molecule has 3 rings (SSSR count). The van der Waals surface area contributed by atoms with Crippen LogP contribution in [0.1, 0.15) is 37.6 Å². The number of β-amino-alcohol motifs (C(OH)–C–C–N with tert-alkyl or cyclic N) is 1. The molecule has 0 bridgehead atoms. The van der Waals surface area contributed by atoms with Gasteiger partial charge in [-0.1, -0.05) is 45.0 Å². The number of benzene rings is 1. The lowest BCUT2D eigenvalue weighted by Crippen LogP contribution is -2.43. The number of hydrogen-bond donors (Lipinski definition) is 2. The van der Waals surface area contributed by atoms with Crippen LogP contribution in [-0.2, 0) is 21.2 Å². The molecule has 0 amide bonds. The number of anilines is 1. The monoisotopic (exact) mass is 415 g/mol. The highest BCUT2D eigenvalue weighted by Gasteiger charge is 2.35. The number of nitrogens with one attached hydrogen (secondary N) is 1. The fraction of sp³-hybridized carbons (Fsp3) is 0.450. The average Bonchev–Trinajstić information content (AvgIpc) is 3.01. The molecule has 29 heavy (non-hydrogen) atoms. The number of sulfonamides is 1. The second kappa shape index (κ2) is 8.06. The average molecular weight is 416 g/mol. The van der Waals surface area contributed by atoms with E-state index in [1.54, 1.807) is 11.0 Å². The molecule has 0 radical (unpaired) electrons. The van der Waals surface area contributed by atoms with Crippen LogP contribution in [0.5, 0.6) is 0 Å². The number of nitrogens with zero attached hydrogens (tertiary/aromatic N) is 4. The van der Waals surface area contributed by atoms with Crippen molar-refractivity contribution in [3.8, 4) is 6.07 Å². The summed E-state index contributed by atoms with van der Waals surface area (Å²) in [6.45, 7) is 6.81. The Morgan fingerprint density at radius 3 is 2.41 bits per heavy atom. The van der Waals surface area contributed by atoms with Crippen LogP contribution < -0.4 is 9.62 Å². The van der Waals surface area contributed by atoms with Crippen LogP contribution in [0.4, 0.5) is 5.82 Å². The van der Waals surface area contributed by atoms with Gasteiger partial charge in [0.05, 0.1) is 17.9 Å². The molecule has 1 aromatic carbocycles. The maximum absolute atomic E-state index is 12.6. The summed E-state index contributed by atoms with van der Waals surface area (Å²) >= 11 is 0. The van der Waals surface area contributed by atoms with Gasteiger partial charge in [0.25, 0.3) is 0 Å². The molecule has 0 aliphatic carbocycles. The molecule has 1 aliphatic heterocycles. The molecular formula is C20H25N5O3S. The maximum atomic E-state index is 12.6. The number of hydrogen-bond acceptors (Lipinski definition) is 7. The van der Waals surface area contributed by atoms with Crippen molar-refractivity contribution >= 4 is 15.8 Å². The normalized spacial score (nSPS) is 19.9. The lowest BCUT2D eigenvalue weighted by atomic mass is 9.87. The molecule has 0 unspecified atom stereocenters. The molecule has 1 fully saturated rings. The van der Waals surface area contributed by atoms with E-state index in [1.807, 2.05) is 30.3 Å². The van der Waals surface area contributed by atoms with E-state index in [0.29, 0.717) is 11.4 Å². The molecule has 0 saturated carbocycles. The van der Waals surface area contributed by atoms with Crippen molar-refractivity contribution < 1.29 is 13.5 Å². The van der Waals surface area contributed by atoms with Crippen molar-refractivity contribution in [1.29, 1.82) is 5.26 Å². The molecule has 1 aromatic heterocycles. The van der Waals surface area contributed by atoms with Crippen LogP contribution in [0.15, 0.2) is 36.4 Å². The molecule has 8 nitrogen and oxygen atoms in total. The molecule has 9 heteroatoms. The number of rotatable bonds is 5. The van der Waals surface area contributed by atoms with Crippen molar-refractivity contribution in [2.24, 2.45) is 0 Å². The summed E-state index contributed by atoms with van der Waals surface area (Å²) in [5.74, 6) is 0.333. The first-order valence-electron chi connectivity index (χ1n) is 9.34. The molecule has 2 atom stereocenters. The number of nitriles is 1. The Labute approximate surface area is 171 Å². The fourth-order valence-corrected chi connectivity index (χ4v) is 4.64. The molecule has 2 heterocycles. The van der Waals surface area contributed by atoms with Crippen LogP contribution in [0.25, 0.3) is 0 Å². The van der Waals surface area contributed by atoms with Gasteiger partial charge in [-0.2, -0.15) is 5.26 Å². The van der Waals surface area contributed by atoms with Gasteiger partial charge >= 0.3 is 0 Å². The summed E-state index contributed by atoms with van der Waals surface area (Å²) in [5.41, 5.74) is 2.02. The van der Waals surface area contributed by atoms with Crippen LogP contribution in [0.3, 0.4) is 0 Å². The Bertz CT molecular complexity index is 992. The quantitative estimate of drug-likeness (QED) is 0.756. The zero-order valence-corrected chi connectivity index (χ0v) is 17.5. The number of aromatic nitrogens is 2. The van der Waals surface area contributed by atoms with E-state index < -0.39 is 22.2 Å². The predicted molar refractivity (Wildman–Crippen MR) is 110 cm³/mol. The molecule has 0 spiro atoms. The molecule has 2 N–H and O–H groups in total. The van der Waals surface area contributed by atoms with Gasteiger partial charge in [0.2, 0.25) is 10.0 Å². The maximum Gasteiger partial charge on any atom is 0.216 e. The minimum atomic E-state index is -3.63. The number of aliphatic hydroxyl groups excluding tert-OH is 1.